The molecule has 0 unspecified atom stereocenters. The lowest BCUT2D eigenvalue weighted by Crippen LogP contribution is -2.60. The van der Waals surface area contributed by atoms with Crippen molar-refractivity contribution in [1.29, 1.82) is 0 Å². The number of hydrogen-bond donors (Lipinski definition) is 4. The van der Waals surface area contributed by atoms with Gasteiger partial charge >= 0.3 is 5.97 Å². The third-order valence-electron chi connectivity index (χ3n) is 13.4. The molecule has 9 atom stereocenters. The number of ketones is 1. The number of Topliss-reactive ketones (excluding diaryl/α,β-unsaturated/α-hetero) is 1. The van der Waals surface area contributed by atoms with Crippen LogP contribution in [-0.2, 0) is 59.1 Å². The van der Waals surface area contributed by atoms with E-state index in [9.17, 15) is 47.9 Å². The summed E-state index contributed by atoms with van der Waals surface area (Å²) < 4.78 is 5.77. The Balaban J connectivity index is 2.69. The Labute approximate surface area is 408 Å². The van der Waals surface area contributed by atoms with Crippen molar-refractivity contribution < 1.29 is 52.7 Å². The Bertz CT molecular complexity index is 2010. The van der Waals surface area contributed by atoms with Crippen molar-refractivity contribution in [3.8, 4) is 0 Å². The molecule has 0 aromatic heterocycles. The number of amides is 8. The normalized spacial score (nSPS) is 27.2. The van der Waals surface area contributed by atoms with Crippen molar-refractivity contribution in [3.63, 3.8) is 0 Å². The van der Waals surface area contributed by atoms with Crippen molar-refractivity contribution in [2.75, 3.05) is 41.3 Å². The molecule has 0 saturated carbocycles. The van der Waals surface area contributed by atoms with Crippen LogP contribution in [-0.4, -0.2) is 162 Å². The minimum Gasteiger partial charge on any atom is -0.452 e. The van der Waals surface area contributed by atoms with Gasteiger partial charge in [-0.15, -0.1) is 0 Å². The third-order valence-corrected chi connectivity index (χ3v) is 13.4. The van der Waals surface area contributed by atoms with E-state index in [0.717, 1.165) is 4.90 Å². The molecule has 0 spiro atoms. The van der Waals surface area contributed by atoms with E-state index >= 15 is 0 Å². The SMILES string of the molecule is CC[C@H](C)[C@@H]1OC(=O)[C@@H](C)[C@@H](CC)NC(=O)[C@@H](C)N(C)C(=O)C(C)(C)C(=O)[C@H](C)NC(=O)[C@@H](Cc2ccccc2)N(C)C(=O)[C@H](C(C)C)N(C)C(=O)CNC(=O)[C@H](CC(C)C)N(C)C(=O)CNC1=O. The quantitative estimate of drug-likeness (QED) is 0.217. The van der Waals surface area contributed by atoms with Crippen LogP contribution < -0.4 is 21.3 Å². The molecular weight excluding hydrogens is 889 g/mol. The average Bonchev–Trinajstić information content (AvgIpc) is 3.31. The minimum absolute atomic E-state index is 0.0206. The van der Waals surface area contributed by atoms with E-state index in [1.54, 1.807) is 65.0 Å². The van der Waals surface area contributed by atoms with E-state index in [1.807, 2.05) is 13.8 Å². The van der Waals surface area contributed by atoms with Gasteiger partial charge in [0.05, 0.1) is 25.0 Å². The number of rotatable bonds is 8. The molecule has 1 fully saturated rings. The van der Waals surface area contributed by atoms with Crippen molar-refractivity contribution in [3.05, 3.63) is 35.9 Å². The zero-order valence-electron chi connectivity index (χ0n) is 43.8. The molecule has 1 saturated heterocycles. The smallest absolute Gasteiger partial charge is 0.311 e. The summed E-state index contributed by atoms with van der Waals surface area (Å²) in [4.78, 5) is 144. The van der Waals surface area contributed by atoms with E-state index in [4.69, 9.17) is 4.74 Å². The number of benzene rings is 1. The number of ether oxygens (including phenoxy) is 1. The van der Waals surface area contributed by atoms with Crippen LogP contribution in [0.5, 0.6) is 0 Å². The molecule has 1 aromatic rings. The largest absolute Gasteiger partial charge is 0.452 e. The van der Waals surface area contributed by atoms with Crippen LogP contribution >= 0.6 is 0 Å². The van der Waals surface area contributed by atoms with Gasteiger partial charge in [0.2, 0.25) is 41.4 Å². The Hall–Kier alpha value is -5.88. The summed E-state index contributed by atoms with van der Waals surface area (Å²) in [5.41, 5.74) is -1.07. The van der Waals surface area contributed by atoms with Crippen LogP contribution in [0.1, 0.15) is 108 Å². The molecule has 69 heavy (non-hydrogen) atoms. The van der Waals surface area contributed by atoms with Crippen LogP contribution in [0.2, 0.25) is 0 Å². The van der Waals surface area contributed by atoms with Crippen LogP contribution in [0.25, 0.3) is 0 Å². The number of carbonyl (C=O) groups excluding carboxylic acids is 10. The monoisotopic (exact) mass is 969 g/mol. The van der Waals surface area contributed by atoms with Gasteiger partial charge in [-0.05, 0) is 71.3 Å². The molecular formula is C50H80N8O11. The summed E-state index contributed by atoms with van der Waals surface area (Å²) in [5.74, 6) is -8.81. The number of hydrogen-bond acceptors (Lipinski definition) is 11. The molecule has 19 nitrogen and oxygen atoms in total. The lowest BCUT2D eigenvalue weighted by atomic mass is 9.82. The summed E-state index contributed by atoms with van der Waals surface area (Å²) >= 11 is 0. The zero-order chi connectivity index (χ0) is 52.8. The second kappa shape index (κ2) is 26.2. The van der Waals surface area contributed by atoms with Crippen LogP contribution in [0.3, 0.4) is 0 Å². The topological polar surface area (TPSA) is 241 Å². The second-order valence-electron chi connectivity index (χ2n) is 19.8. The fourth-order valence-electron chi connectivity index (χ4n) is 8.25. The van der Waals surface area contributed by atoms with Gasteiger partial charge in [-0.25, -0.2) is 0 Å². The highest BCUT2D eigenvalue weighted by atomic mass is 16.5. The molecule has 0 radical (unpaired) electrons. The molecule has 4 N–H and O–H groups in total. The standard InChI is InChI=1S/C50H80N8O11/c1-17-30(7)41-46(65)52-26-38(59)56(14)36(24-28(3)4)44(63)51-27-39(60)58(16)40(29(5)6)47(66)57(15)37(25-34-22-20-19-21-23-34)45(64)53-32(9)42(61)50(11,12)49(68)55(13)33(10)43(62)54-35(18-2)31(8)48(67)69-41/h19-23,28-33,35-37,40-41H,17-18,24-27H2,1-16H3,(H,51,63)(H,52,65)(H,53,64)(H,54,62)/t30-,31-,32-,33+,35+,36-,37+,40-,41-/m0/s1. The van der Waals surface area contributed by atoms with Crippen molar-refractivity contribution in [2.45, 2.75) is 151 Å². The van der Waals surface area contributed by atoms with Gasteiger partial charge in [-0.1, -0.05) is 78.8 Å². The Morgan fingerprint density at radius 2 is 1.23 bits per heavy atom. The number of nitrogens with one attached hydrogen (secondary N) is 4. The van der Waals surface area contributed by atoms with E-state index in [1.165, 1.54) is 77.5 Å². The lowest BCUT2D eigenvalue weighted by Gasteiger charge is -2.37. The summed E-state index contributed by atoms with van der Waals surface area (Å²) in [6.45, 7) is 18.5. The molecule has 1 aliphatic rings. The molecule has 0 aliphatic carbocycles. The summed E-state index contributed by atoms with van der Waals surface area (Å²) in [5, 5.41) is 10.7. The van der Waals surface area contributed by atoms with Crippen molar-refractivity contribution >= 4 is 59.0 Å². The predicted octanol–water partition coefficient (Wildman–Crippen LogP) is 2.09. The van der Waals surface area contributed by atoms with Crippen molar-refractivity contribution in [2.24, 2.45) is 29.1 Å². The minimum atomic E-state index is -1.77. The maximum atomic E-state index is 14.5. The van der Waals surface area contributed by atoms with E-state index in [-0.39, 0.29) is 25.2 Å². The molecule has 1 aliphatic heterocycles. The molecule has 0 bridgehead atoms. The van der Waals surface area contributed by atoms with E-state index in [2.05, 4.69) is 21.3 Å². The zero-order valence-corrected chi connectivity index (χ0v) is 43.8. The number of carbonyl (C=O) groups is 10. The fourth-order valence-corrected chi connectivity index (χ4v) is 8.25. The first-order valence-corrected chi connectivity index (χ1v) is 24.0. The highest BCUT2D eigenvalue weighted by molar-refractivity contribution is 6.09. The first kappa shape index (κ1) is 59.2. The highest BCUT2D eigenvalue weighted by Crippen LogP contribution is 2.25. The van der Waals surface area contributed by atoms with Crippen LogP contribution in [0, 0.1) is 29.1 Å². The maximum absolute atomic E-state index is 14.5. The van der Waals surface area contributed by atoms with Gasteiger partial charge < -0.3 is 45.6 Å². The molecule has 8 amide bonds. The molecule has 19 heteroatoms. The summed E-state index contributed by atoms with van der Waals surface area (Å²) in [6.07, 6.45) is -0.422. The van der Waals surface area contributed by atoms with Gasteiger partial charge in [0.1, 0.15) is 29.6 Å². The summed E-state index contributed by atoms with van der Waals surface area (Å²) in [7, 11) is 5.62. The average molecular weight is 969 g/mol. The first-order chi connectivity index (χ1) is 32.0. The lowest BCUT2D eigenvalue weighted by molar-refractivity contribution is -0.164. The highest BCUT2D eigenvalue weighted by Gasteiger charge is 2.45. The van der Waals surface area contributed by atoms with Gasteiger partial charge in [0.15, 0.2) is 11.9 Å². The Kier molecular flexibility index (Phi) is 22.5. The molecule has 2 rings (SSSR count). The Morgan fingerprint density at radius 1 is 0.681 bits per heavy atom. The first-order valence-electron chi connectivity index (χ1n) is 24.0. The second-order valence-corrected chi connectivity index (χ2v) is 19.8. The van der Waals surface area contributed by atoms with Crippen molar-refractivity contribution in [1.82, 2.24) is 40.9 Å². The number of likely N-dealkylation sites (N-methyl/N-ethyl adjacent to an activating group) is 4. The van der Waals surface area contributed by atoms with Gasteiger partial charge in [0.25, 0.3) is 5.91 Å². The van der Waals surface area contributed by atoms with Crippen LogP contribution in [0.15, 0.2) is 30.3 Å². The number of nitrogens with zero attached hydrogens (tertiary/aromatic N) is 4. The summed E-state index contributed by atoms with van der Waals surface area (Å²) in [6, 6.07) is 2.32. The van der Waals surface area contributed by atoms with Gasteiger partial charge in [0, 0.05) is 46.6 Å². The molecule has 1 heterocycles. The van der Waals surface area contributed by atoms with Gasteiger partial charge in [-0.2, -0.15) is 0 Å². The predicted molar refractivity (Wildman–Crippen MR) is 259 cm³/mol. The molecule has 1 aromatic carbocycles. The van der Waals surface area contributed by atoms with Gasteiger partial charge in [-0.3, -0.25) is 47.9 Å². The van der Waals surface area contributed by atoms with E-state index < -0.39 is 138 Å². The number of esters is 1. The third kappa shape index (κ3) is 15.6. The maximum Gasteiger partial charge on any atom is 0.311 e. The number of cyclic esters (lactones) is 1. The fraction of sp³-hybridized carbons (Fsp3) is 0.680. The van der Waals surface area contributed by atoms with Crippen LogP contribution in [0.4, 0.5) is 0 Å². The van der Waals surface area contributed by atoms with E-state index in [0.29, 0.717) is 12.0 Å². The Morgan fingerprint density at radius 3 is 1.75 bits per heavy atom. The molecule has 386 valence electrons.